The van der Waals surface area contributed by atoms with Crippen molar-refractivity contribution in [2.45, 2.75) is 30.6 Å². The van der Waals surface area contributed by atoms with Crippen LogP contribution in [0.25, 0.3) is 0 Å². The Hall–Kier alpha value is -1.15. The van der Waals surface area contributed by atoms with E-state index in [-0.39, 0.29) is 32.6 Å². The SMILES string of the molecule is COCCSC1=C(C(=O)c2ccc3c(c2Cl)CCS3(=O)=O)C(=O)CCC1. The summed E-state index contributed by atoms with van der Waals surface area (Å²) in [5.41, 5.74) is 0.882. The maximum Gasteiger partial charge on any atom is 0.198 e. The molecule has 0 amide bonds. The molecule has 5 nitrogen and oxygen atoms in total. The number of carbonyl (C=O) groups excluding carboxylic acids is 2. The van der Waals surface area contributed by atoms with Gasteiger partial charge in [0.15, 0.2) is 21.4 Å². The molecule has 0 atom stereocenters. The van der Waals surface area contributed by atoms with Crippen molar-refractivity contribution in [2.75, 3.05) is 25.2 Å². The van der Waals surface area contributed by atoms with Gasteiger partial charge < -0.3 is 4.74 Å². The molecule has 3 rings (SSSR count). The van der Waals surface area contributed by atoms with Gasteiger partial charge in [0.2, 0.25) is 0 Å². The minimum absolute atomic E-state index is 0.000552. The van der Waals surface area contributed by atoms with Gasteiger partial charge in [-0.05, 0) is 41.9 Å². The molecular formula is C18H19ClO5S2. The number of hydrogen-bond donors (Lipinski definition) is 0. The van der Waals surface area contributed by atoms with Crippen LogP contribution in [0.1, 0.15) is 35.2 Å². The molecule has 8 heteroatoms. The molecule has 0 unspecified atom stereocenters. The van der Waals surface area contributed by atoms with Gasteiger partial charge in [0.25, 0.3) is 0 Å². The Labute approximate surface area is 162 Å². The highest BCUT2D eigenvalue weighted by Gasteiger charge is 2.33. The highest BCUT2D eigenvalue weighted by Crippen LogP contribution is 2.38. The number of ketones is 2. The van der Waals surface area contributed by atoms with Gasteiger partial charge in [0.05, 0.1) is 27.9 Å². The molecule has 1 aromatic carbocycles. The molecule has 1 aromatic rings. The van der Waals surface area contributed by atoms with E-state index in [1.54, 1.807) is 7.11 Å². The summed E-state index contributed by atoms with van der Waals surface area (Å²) in [6, 6.07) is 2.86. The van der Waals surface area contributed by atoms with Crippen LogP contribution in [0.4, 0.5) is 0 Å². The Balaban J connectivity index is 2.01. The fourth-order valence-electron chi connectivity index (χ4n) is 3.25. The van der Waals surface area contributed by atoms with Crippen molar-refractivity contribution in [1.82, 2.24) is 0 Å². The molecule has 0 saturated heterocycles. The molecule has 0 aromatic heterocycles. The lowest BCUT2D eigenvalue weighted by Gasteiger charge is -2.19. The van der Waals surface area contributed by atoms with Crippen molar-refractivity contribution in [3.63, 3.8) is 0 Å². The summed E-state index contributed by atoms with van der Waals surface area (Å²) in [7, 11) is -1.72. The van der Waals surface area contributed by atoms with Crippen LogP contribution in [0, 0.1) is 0 Å². The van der Waals surface area contributed by atoms with E-state index in [4.69, 9.17) is 16.3 Å². The van der Waals surface area contributed by atoms with Crippen LogP contribution in [0.15, 0.2) is 27.5 Å². The number of halogens is 1. The maximum absolute atomic E-state index is 13.1. The predicted octanol–water partition coefficient (Wildman–Crippen LogP) is 3.24. The Morgan fingerprint density at radius 2 is 2.04 bits per heavy atom. The molecule has 26 heavy (non-hydrogen) atoms. The van der Waals surface area contributed by atoms with Crippen molar-refractivity contribution in [2.24, 2.45) is 0 Å². The van der Waals surface area contributed by atoms with Crippen molar-refractivity contribution in [3.05, 3.63) is 38.8 Å². The first kappa shape index (κ1) is 19.6. The number of benzene rings is 1. The third kappa shape index (κ3) is 3.63. The molecule has 1 aliphatic heterocycles. The Morgan fingerprint density at radius 1 is 1.27 bits per heavy atom. The second kappa shape index (κ2) is 7.84. The molecule has 1 heterocycles. The van der Waals surface area contributed by atoms with E-state index in [9.17, 15) is 18.0 Å². The van der Waals surface area contributed by atoms with Gasteiger partial charge in [-0.3, -0.25) is 9.59 Å². The molecule has 0 fully saturated rings. The fraction of sp³-hybridized carbons (Fsp3) is 0.444. The van der Waals surface area contributed by atoms with E-state index < -0.39 is 15.6 Å². The minimum atomic E-state index is -3.32. The number of rotatable bonds is 6. The third-order valence-electron chi connectivity index (χ3n) is 4.56. The lowest BCUT2D eigenvalue weighted by Crippen LogP contribution is -2.19. The molecule has 0 bridgehead atoms. The van der Waals surface area contributed by atoms with Crippen LogP contribution < -0.4 is 0 Å². The summed E-state index contributed by atoms with van der Waals surface area (Å²) in [4.78, 5) is 26.5. The molecule has 0 radical (unpaired) electrons. The van der Waals surface area contributed by atoms with E-state index in [1.165, 1.54) is 23.9 Å². The number of allylic oxidation sites excluding steroid dienone is 2. The summed E-state index contributed by atoms with van der Waals surface area (Å²) >= 11 is 7.83. The smallest absolute Gasteiger partial charge is 0.198 e. The summed E-state index contributed by atoms with van der Waals surface area (Å²) in [5, 5.41) is 0.153. The molecule has 0 N–H and O–H groups in total. The molecular weight excluding hydrogens is 396 g/mol. The average molecular weight is 415 g/mol. The number of hydrogen-bond acceptors (Lipinski definition) is 6. The maximum atomic E-state index is 13.1. The second-order valence-corrected chi connectivity index (χ2v) is 9.86. The van der Waals surface area contributed by atoms with Gasteiger partial charge in [0, 0.05) is 24.8 Å². The third-order valence-corrected chi connectivity index (χ3v) is 7.91. The molecule has 2 aliphatic rings. The van der Waals surface area contributed by atoms with Crippen LogP contribution >= 0.6 is 23.4 Å². The quantitative estimate of drug-likeness (QED) is 0.404. The number of methoxy groups -OCH3 is 1. The highest BCUT2D eigenvalue weighted by molar-refractivity contribution is 8.03. The summed E-state index contributed by atoms with van der Waals surface area (Å²) in [5.74, 6) is 0.0722. The molecule has 0 saturated carbocycles. The van der Waals surface area contributed by atoms with E-state index in [0.717, 1.165) is 11.3 Å². The van der Waals surface area contributed by atoms with Crippen LogP contribution in [0.5, 0.6) is 0 Å². The first-order chi connectivity index (χ1) is 12.4. The molecule has 0 spiro atoms. The number of thioether (sulfide) groups is 1. The first-order valence-corrected chi connectivity index (χ1v) is 11.4. The predicted molar refractivity (Wildman–Crippen MR) is 102 cm³/mol. The lowest BCUT2D eigenvalue weighted by atomic mass is 9.91. The lowest BCUT2D eigenvalue weighted by molar-refractivity contribution is -0.115. The Bertz CT molecular complexity index is 902. The Morgan fingerprint density at radius 3 is 2.77 bits per heavy atom. The average Bonchev–Trinajstić information content (AvgIpc) is 2.91. The van der Waals surface area contributed by atoms with Gasteiger partial charge in [-0.25, -0.2) is 8.42 Å². The van der Waals surface area contributed by atoms with Gasteiger partial charge in [0.1, 0.15) is 0 Å². The Kier molecular flexibility index (Phi) is 5.91. The van der Waals surface area contributed by atoms with Crippen molar-refractivity contribution >= 4 is 44.8 Å². The van der Waals surface area contributed by atoms with Crippen LogP contribution in [0.2, 0.25) is 5.02 Å². The number of Topliss-reactive ketones (excluding diaryl/α,β-unsaturated/α-hetero) is 2. The first-order valence-electron chi connectivity index (χ1n) is 8.33. The zero-order chi connectivity index (χ0) is 18.9. The van der Waals surface area contributed by atoms with Crippen LogP contribution in [-0.2, 0) is 25.8 Å². The zero-order valence-electron chi connectivity index (χ0n) is 14.3. The number of sulfone groups is 1. The van der Waals surface area contributed by atoms with E-state index in [0.29, 0.717) is 37.2 Å². The zero-order valence-corrected chi connectivity index (χ0v) is 16.7. The van der Waals surface area contributed by atoms with Gasteiger partial charge >= 0.3 is 0 Å². The summed E-state index contributed by atoms with van der Waals surface area (Å²) in [6.45, 7) is 0.529. The highest BCUT2D eigenvalue weighted by atomic mass is 35.5. The van der Waals surface area contributed by atoms with Crippen LogP contribution in [0.3, 0.4) is 0 Å². The van der Waals surface area contributed by atoms with Crippen molar-refractivity contribution in [1.29, 1.82) is 0 Å². The van der Waals surface area contributed by atoms with Gasteiger partial charge in [-0.2, -0.15) is 0 Å². The van der Waals surface area contributed by atoms with Crippen LogP contribution in [-0.4, -0.2) is 45.2 Å². The van der Waals surface area contributed by atoms with Gasteiger partial charge in [-0.1, -0.05) is 11.6 Å². The van der Waals surface area contributed by atoms with E-state index >= 15 is 0 Å². The number of carbonyl (C=O) groups is 2. The van der Waals surface area contributed by atoms with Gasteiger partial charge in [-0.15, -0.1) is 11.8 Å². The molecule has 140 valence electrons. The minimum Gasteiger partial charge on any atom is -0.384 e. The fourth-order valence-corrected chi connectivity index (χ4v) is 6.33. The number of ether oxygens (including phenoxy) is 1. The topological polar surface area (TPSA) is 77.5 Å². The second-order valence-electron chi connectivity index (χ2n) is 6.22. The summed E-state index contributed by atoms with van der Waals surface area (Å²) < 4.78 is 29.1. The van der Waals surface area contributed by atoms with Crippen molar-refractivity contribution in [3.8, 4) is 0 Å². The van der Waals surface area contributed by atoms with Crippen molar-refractivity contribution < 1.29 is 22.7 Å². The largest absolute Gasteiger partial charge is 0.384 e. The normalized spacial score (nSPS) is 18.9. The standard InChI is InChI=1S/C18H19ClO5S2/c1-24-8-9-25-14-4-2-3-13(20)16(14)18(21)12-5-6-15-11(17(12)19)7-10-26(15,22)23/h5-6H,2-4,7-10H2,1H3. The van der Waals surface area contributed by atoms with E-state index in [1.807, 2.05) is 0 Å². The summed E-state index contributed by atoms with van der Waals surface area (Å²) in [6.07, 6.45) is 2.03. The number of fused-ring (bicyclic) bond motifs is 1. The monoisotopic (exact) mass is 414 g/mol. The van der Waals surface area contributed by atoms with E-state index in [2.05, 4.69) is 0 Å². The molecule has 1 aliphatic carbocycles.